The first-order valence-corrected chi connectivity index (χ1v) is 6.07. The van der Waals surface area contributed by atoms with E-state index in [0.29, 0.717) is 6.61 Å². The Kier molecular flexibility index (Phi) is 4.17. The van der Waals surface area contributed by atoms with E-state index in [9.17, 15) is 0 Å². The molecule has 0 unspecified atom stereocenters. The third-order valence-electron chi connectivity index (χ3n) is 2.84. The van der Waals surface area contributed by atoms with E-state index in [1.165, 1.54) is 0 Å². The molecule has 1 N–H and O–H groups in total. The topological polar surface area (TPSA) is 40.6 Å². The van der Waals surface area contributed by atoms with Crippen molar-refractivity contribution in [3.8, 4) is 5.75 Å². The fourth-order valence-corrected chi connectivity index (χ4v) is 1.81. The van der Waals surface area contributed by atoms with Crippen molar-refractivity contribution >= 4 is 5.82 Å². The van der Waals surface area contributed by atoms with Gasteiger partial charge in [0.25, 0.3) is 0 Å². The summed E-state index contributed by atoms with van der Waals surface area (Å²) >= 11 is 0. The molecule has 0 saturated carbocycles. The number of nitrogens with one attached hydrogen (secondary N) is 1. The molecule has 17 heavy (non-hydrogen) atoms. The van der Waals surface area contributed by atoms with Gasteiger partial charge in [0.1, 0.15) is 0 Å². The molecule has 0 aliphatic carbocycles. The Labute approximate surface area is 102 Å². The van der Waals surface area contributed by atoms with E-state index in [1.807, 2.05) is 19.1 Å². The highest BCUT2D eigenvalue weighted by molar-refractivity contribution is 5.48. The van der Waals surface area contributed by atoms with Crippen LogP contribution in [-0.4, -0.2) is 54.7 Å². The van der Waals surface area contributed by atoms with E-state index in [2.05, 4.69) is 27.4 Å². The van der Waals surface area contributed by atoms with Crippen molar-refractivity contribution in [3.05, 3.63) is 18.3 Å². The predicted molar refractivity (Wildman–Crippen MR) is 68.1 cm³/mol. The number of hydrogen-bond acceptors (Lipinski definition) is 5. The molecular formula is C12H20N4O. The number of rotatable bonds is 4. The highest BCUT2D eigenvalue weighted by Gasteiger charge is 2.15. The maximum Gasteiger partial charge on any atom is 0.183 e. The van der Waals surface area contributed by atoms with Gasteiger partial charge in [-0.05, 0) is 26.1 Å². The Hall–Kier alpha value is -1.33. The van der Waals surface area contributed by atoms with Gasteiger partial charge in [0.2, 0.25) is 0 Å². The van der Waals surface area contributed by atoms with Crippen molar-refractivity contribution in [1.29, 1.82) is 0 Å². The first-order valence-electron chi connectivity index (χ1n) is 6.07. The molecule has 1 aliphatic rings. The van der Waals surface area contributed by atoms with Crippen LogP contribution in [0.15, 0.2) is 18.3 Å². The average Bonchev–Trinajstić information content (AvgIpc) is 2.35. The number of likely N-dealkylation sites (N-methyl/N-ethyl adjacent to an activating group) is 1. The lowest BCUT2D eigenvalue weighted by atomic mass is 10.4. The second-order valence-electron chi connectivity index (χ2n) is 4.19. The molecule has 0 bridgehead atoms. The van der Waals surface area contributed by atoms with Gasteiger partial charge in [0.15, 0.2) is 11.6 Å². The fourth-order valence-electron chi connectivity index (χ4n) is 1.81. The third kappa shape index (κ3) is 3.31. The van der Waals surface area contributed by atoms with Gasteiger partial charge in [0.05, 0.1) is 6.61 Å². The summed E-state index contributed by atoms with van der Waals surface area (Å²) in [7, 11) is 2.14. The van der Waals surface area contributed by atoms with Gasteiger partial charge >= 0.3 is 0 Å². The van der Waals surface area contributed by atoms with Crippen LogP contribution in [0.4, 0.5) is 5.82 Å². The predicted octanol–water partition coefficient (Wildman–Crippen LogP) is 1.05. The zero-order chi connectivity index (χ0) is 12.1. The fraction of sp³-hybridized carbons (Fsp3) is 0.583. The lowest BCUT2D eigenvalue weighted by Crippen LogP contribution is -2.47. The molecule has 1 fully saturated rings. The third-order valence-corrected chi connectivity index (χ3v) is 2.84. The SMILES string of the molecule is CCOc1cccnc1NN1CCN(C)CC1. The van der Waals surface area contributed by atoms with Gasteiger partial charge in [-0.3, -0.25) is 5.43 Å². The summed E-state index contributed by atoms with van der Waals surface area (Å²) < 4.78 is 5.54. The van der Waals surface area contributed by atoms with Crippen molar-refractivity contribution in [3.63, 3.8) is 0 Å². The van der Waals surface area contributed by atoms with Crippen LogP contribution in [0.1, 0.15) is 6.92 Å². The minimum absolute atomic E-state index is 0.656. The standard InChI is InChI=1S/C12H20N4O/c1-3-17-11-5-4-6-13-12(11)14-16-9-7-15(2)8-10-16/h4-6H,3,7-10H2,1-2H3,(H,13,14). The maximum absolute atomic E-state index is 5.54. The molecular weight excluding hydrogens is 216 g/mol. The molecule has 2 rings (SSSR count). The first kappa shape index (κ1) is 12.1. The Bertz CT molecular complexity index is 350. The van der Waals surface area contributed by atoms with Crippen molar-refractivity contribution in [2.45, 2.75) is 6.92 Å². The van der Waals surface area contributed by atoms with Crippen LogP contribution in [-0.2, 0) is 0 Å². The smallest absolute Gasteiger partial charge is 0.183 e. The molecule has 1 saturated heterocycles. The van der Waals surface area contributed by atoms with Crippen molar-refractivity contribution in [1.82, 2.24) is 14.9 Å². The molecule has 0 amide bonds. The number of piperazine rings is 1. The molecule has 1 aromatic heterocycles. The van der Waals surface area contributed by atoms with Gasteiger partial charge in [-0.2, -0.15) is 0 Å². The van der Waals surface area contributed by atoms with Crippen LogP contribution >= 0.6 is 0 Å². The Morgan fingerprint density at radius 1 is 1.35 bits per heavy atom. The van der Waals surface area contributed by atoms with Crippen molar-refractivity contribution < 1.29 is 4.74 Å². The van der Waals surface area contributed by atoms with E-state index >= 15 is 0 Å². The molecule has 1 aliphatic heterocycles. The largest absolute Gasteiger partial charge is 0.490 e. The summed E-state index contributed by atoms with van der Waals surface area (Å²) in [4.78, 5) is 6.64. The first-order chi connectivity index (χ1) is 8.29. The number of pyridine rings is 1. The minimum Gasteiger partial charge on any atom is -0.490 e. The highest BCUT2D eigenvalue weighted by Crippen LogP contribution is 2.21. The van der Waals surface area contributed by atoms with E-state index in [4.69, 9.17) is 4.74 Å². The number of anilines is 1. The summed E-state index contributed by atoms with van der Waals surface area (Å²) in [5.74, 6) is 1.62. The molecule has 0 aromatic carbocycles. The van der Waals surface area contributed by atoms with Gasteiger partial charge in [0, 0.05) is 32.4 Å². The van der Waals surface area contributed by atoms with E-state index in [0.717, 1.165) is 37.7 Å². The van der Waals surface area contributed by atoms with Crippen LogP contribution in [0.25, 0.3) is 0 Å². The molecule has 5 nitrogen and oxygen atoms in total. The van der Waals surface area contributed by atoms with Gasteiger partial charge in [-0.1, -0.05) is 0 Å². The van der Waals surface area contributed by atoms with Crippen molar-refractivity contribution in [2.75, 3.05) is 45.3 Å². The van der Waals surface area contributed by atoms with Gasteiger partial charge in [-0.15, -0.1) is 0 Å². The lowest BCUT2D eigenvalue weighted by Gasteiger charge is -2.32. The van der Waals surface area contributed by atoms with E-state index in [-0.39, 0.29) is 0 Å². The van der Waals surface area contributed by atoms with Crippen LogP contribution in [0.3, 0.4) is 0 Å². The summed E-state index contributed by atoms with van der Waals surface area (Å²) in [6, 6.07) is 3.83. The van der Waals surface area contributed by atoms with E-state index in [1.54, 1.807) is 6.20 Å². The summed E-state index contributed by atoms with van der Waals surface area (Å²) in [5, 5.41) is 2.19. The normalized spacial score (nSPS) is 18.0. The monoisotopic (exact) mass is 236 g/mol. The minimum atomic E-state index is 0.656. The number of hydrazine groups is 1. The molecule has 94 valence electrons. The molecule has 0 atom stereocenters. The Morgan fingerprint density at radius 3 is 2.82 bits per heavy atom. The second-order valence-corrected chi connectivity index (χ2v) is 4.19. The summed E-state index contributed by atoms with van der Waals surface area (Å²) in [5.41, 5.74) is 3.33. The lowest BCUT2D eigenvalue weighted by molar-refractivity contribution is 0.178. The molecule has 1 aromatic rings. The quantitative estimate of drug-likeness (QED) is 0.846. The zero-order valence-corrected chi connectivity index (χ0v) is 10.5. The molecule has 2 heterocycles. The molecule has 0 radical (unpaired) electrons. The highest BCUT2D eigenvalue weighted by atomic mass is 16.5. The number of hydrogen-bond donors (Lipinski definition) is 1. The number of ether oxygens (including phenoxy) is 1. The summed E-state index contributed by atoms with van der Waals surface area (Å²) in [6.07, 6.45) is 1.78. The number of aromatic nitrogens is 1. The second kappa shape index (κ2) is 5.84. The molecule has 5 heteroatoms. The van der Waals surface area contributed by atoms with E-state index < -0.39 is 0 Å². The summed E-state index contributed by atoms with van der Waals surface area (Å²) in [6.45, 7) is 6.78. The Balaban J connectivity index is 1.98. The Morgan fingerprint density at radius 2 is 2.12 bits per heavy atom. The average molecular weight is 236 g/mol. The van der Waals surface area contributed by atoms with Crippen LogP contribution in [0.5, 0.6) is 5.75 Å². The zero-order valence-electron chi connectivity index (χ0n) is 10.5. The van der Waals surface area contributed by atoms with Crippen LogP contribution in [0.2, 0.25) is 0 Å². The van der Waals surface area contributed by atoms with Gasteiger partial charge in [-0.25, -0.2) is 9.99 Å². The number of nitrogens with zero attached hydrogens (tertiary/aromatic N) is 3. The van der Waals surface area contributed by atoms with Gasteiger partial charge < -0.3 is 9.64 Å². The maximum atomic E-state index is 5.54. The molecule has 0 spiro atoms. The van der Waals surface area contributed by atoms with Crippen LogP contribution < -0.4 is 10.2 Å². The van der Waals surface area contributed by atoms with Crippen molar-refractivity contribution in [2.24, 2.45) is 0 Å². The van der Waals surface area contributed by atoms with Crippen LogP contribution in [0, 0.1) is 0 Å².